The minimum Gasteiger partial charge on any atom is -0.378 e. The van der Waals surface area contributed by atoms with Crippen LogP contribution < -0.4 is 15.1 Å². The number of rotatable bonds is 5. The van der Waals surface area contributed by atoms with E-state index in [2.05, 4.69) is 20.4 Å². The maximum atomic E-state index is 13.1. The highest BCUT2D eigenvalue weighted by atomic mass is 19.1. The first kappa shape index (κ1) is 20.8. The Morgan fingerprint density at radius 1 is 0.968 bits per heavy atom. The molecule has 0 spiro atoms. The third-order valence-electron chi connectivity index (χ3n) is 5.63. The SMILES string of the molecule is CN(C)c1ccc(NC(=O)C2CCN(c3ccc(-c4ccc(F)cc4)nn3)CC2)cc1. The summed E-state index contributed by atoms with van der Waals surface area (Å²) in [4.78, 5) is 16.8. The summed E-state index contributed by atoms with van der Waals surface area (Å²) in [6.45, 7) is 1.50. The zero-order valence-corrected chi connectivity index (χ0v) is 17.8. The van der Waals surface area contributed by atoms with Crippen LogP contribution in [0.2, 0.25) is 0 Å². The van der Waals surface area contributed by atoms with Crippen molar-refractivity contribution in [3.8, 4) is 11.3 Å². The molecule has 1 aliphatic rings. The number of benzene rings is 2. The van der Waals surface area contributed by atoms with E-state index in [1.807, 2.05) is 55.4 Å². The van der Waals surface area contributed by atoms with E-state index in [1.165, 1.54) is 12.1 Å². The number of nitrogens with zero attached hydrogens (tertiary/aromatic N) is 4. The maximum absolute atomic E-state index is 13.1. The average Bonchev–Trinajstić information content (AvgIpc) is 2.80. The third kappa shape index (κ3) is 4.99. The van der Waals surface area contributed by atoms with Gasteiger partial charge in [-0.15, -0.1) is 10.2 Å². The lowest BCUT2D eigenvalue weighted by molar-refractivity contribution is -0.120. The van der Waals surface area contributed by atoms with Crippen molar-refractivity contribution in [1.29, 1.82) is 0 Å². The number of aromatic nitrogens is 2. The Hall–Kier alpha value is -3.48. The summed E-state index contributed by atoms with van der Waals surface area (Å²) < 4.78 is 13.1. The standard InChI is InChI=1S/C24H26FN5O/c1-29(2)21-9-7-20(8-10-21)26-24(31)18-13-15-30(16-14-18)23-12-11-22(27-28-23)17-3-5-19(25)6-4-17/h3-12,18H,13-16H2,1-2H3,(H,26,31). The van der Waals surface area contributed by atoms with Crippen LogP contribution in [0.15, 0.2) is 60.7 Å². The molecule has 2 aromatic carbocycles. The first-order valence-corrected chi connectivity index (χ1v) is 10.4. The van der Waals surface area contributed by atoms with Crippen molar-refractivity contribution >= 4 is 23.1 Å². The van der Waals surface area contributed by atoms with Crippen LogP contribution in [0.1, 0.15) is 12.8 Å². The van der Waals surface area contributed by atoms with Gasteiger partial charge in [0.1, 0.15) is 5.82 Å². The molecule has 0 aliphatic carbocycles. The van der Waals surface area contributed by atoms with Crippen LogP contribution in [0.25, 0.3) is 11.3 Å². The van der Waals surface area contributed by atoms with Crippen LogP contribution in [-0.2, 0) is 4.79 Å². The van der Waals surface area contributed by atoms with Gasteiger partial charge < -0.3 is 15.1 Å². The lowest BCUT2D eigenvalue weighted by atomic mass is 9.95. The maximum Gasteiger partial charge on any atom is 0.227 e. The van der Waals surface area contributed by atoms with E-state index in [9.17, 15) is 9.18 Å². The highest BCUT2D eigenvalue weighted by molar-refractivity contribution is 5.92. The molecule has 31 heavy (non-hydrogen) atoms. The van der Waals surface area contributed by atoms with Crippen molar-refractivity contribution in [3.05, 3.63) is 66.5 Å². The van der Waals surface area contributed by atoms with Crippen LogP contribution in [0.5, 0.6) is 0 Å². The Labute approximate surface area is 181 Å². The molecule has 0 saturated carbocycles. The predicted octanol–water partition coefficient (Wildman–Crippen LogP) is 4.20. The largest absolute Gasteiger partial charge is 0.378 e. The van der Waals surface area contributed by atoms with Gasteiger partial charge in [-0.05, 0) is 73.5 Å². The van der Waals surface area contributed by atoms with Crippen molar-refractivity contribution in [2.75, 3.05) is 42.3 Å². The fourth-order valence-corrected chi connectivity index (χ4v) is 3.73. The zero-order chi connectivity index (χ0) is 21.8. The first-order chi connectivity index (χ1) is 15.0. The van der Waals surface area contributed by atoms with E-state index in [4.69, 9.17) is 0 Å². The summed E-state index contributed by atoms with van der Waals surface area (Å²) >= 11 is 0. The molecule has 1 N–H and O–H groups in total. The van der Waals surface area contributed by atoms with E-state index in [0.29, 0.717) is 5.69 Å². The number of carbonyl (C=O) groups excluding carboxylic acids is 1. The normalized spacial score (nSPS) is 14.4. The van der Waals surface area contributed by atoms with Crippen molar-refractivity contribution in [2.45, 2.75) is 12.8 Å². The van der Waals surface area contributed by atoms with Crippen molar-refractivity contribution in [1.82, 2.24) is 10.2 Å². The highest BCUT2D eigenvalue weighted by Crippen LogP contribution is 2.25. The molecule has 1 saturated heterocycles. The molecule has 1 aliphatic heterocycles. The second-order valence-corrected chi connectivity index (χ2v) is 7.98. The summed E-state index contributed by atoms with van der Waals surface area (Å²) in [7, 11) is 3.98. The number of amides is 1. The van der Waals surface area contributed by atoms with Gasteiger partial charge in [0.25, 0.3) is 0 Å². The fourth-order valence-electron chi connectivity index (χ4n) is 3.73. The molecule has 160 valence electrons. The summed E-state index contributed by atoms with van der Waals surface area (Å²) in [5, 5.41) is 11.7. The van der Waals surface area contributed by atoms with Crippen molar-refractivity contribution < 1.29 is 9.18 Å². The molecule has 1 aromatic heterocycles. The molecule has 1 fully saturated rings. The van der Waals surface area contributed by atoms with Crippen LogP contribution in [0, 0.1) is 11.7 Å². The van der Waals surface area contributed by atoms with Gasteiger partial charge in [0.05, 0.1) is 5.69 Å². The first-order valence-electron chi connectivity index (χ1n) is 10.4. The van der Waals surface area contributed by atoms with E-state index in [0.717, 1.165) is 48.7 Å². The lowest BCUT2D eigenvalue weighted by Gasteiger charge is -2.31. The molecule has 6 nitrogen and oxygen atoms in total. The Balaban J connectivity index is 1.31. The van der Waals surface area contributed by atoms with Crippen LogP contribution >= 0.6 is 0 Å². The van der Waals surface area contributed by atoms with Crippen molar-refractivity contribution in [3.63, 3.8) is 0 Å². The molecule has 7 heteroatoms. The smallest absolute Gasteiger partial charge is 0.227 e. The Morgan fingerprint density at radius 2 is 1.65 bits per heavy atom. The second kappa shape index (κ2) is 9.12. The number of hydrogen-bond acceptors (Lipinski definition) is 5. The zero-order valence-electron chi connectivity index (χ0n) is 17.8. The molecular formula is C24H26FN5O. The van der Waals surface area contributed by atoms with Gasteiger partial charge in [-0.3, -0.25) is 4.79 Å². The lowest BCUT2D eigenvalue weighted by Crippen LogP contribution is -2.38. The second-order valence-electron chi connectivity index (χ2n) is 7.98. The van der Waals surface area contributed by atoms with Gasteiger partial charge in [0.15, 0.2) is 5.82 Å². The van der Waals surface area contributed by atoms with Gasteiger partial charge in [0.2, 0.25) is 5.91 Å². The molecule has 1 amide bonds. The average molecular weight is 420 g/mol. The molecule has 2 heterocycles. The summed E-state index contributed by atoms with van der Waals surface area (Å²) in [6, 6.07) is 17.9. The number of nitrogens with one attached hydrogen (secondary N) is 1. The van der Waals surface area contributed by atoms with Gasteiger partial charge in [-0.2, -0.15) is 0 Å². The Kier molecular flexibility index (Phi) is 6.11. The van der Waals surface area contributed by atoms with Crippen molar-refractivity contribution in [2.24, 2.45) is 5.92 Å². The molecule has 3 aromatic rings. The van der Waals surface area contributed by atoms with Gasteiger partial charge in [-0.1, -0.05) is 0 Å². The quantitative estimate of drug-likeness (QED) is 0.672. The van der Waals surface area contributed by atoms with E-state index >= 15 is 0 Å². The van der Waals surface area contributed by atoms with E-state index < -0.39 is 0 Å². The number of carbonyl (C=O) groups is 1. The number of halogens is 1. The van der Waals surface area contributed by atoms with Crippen LogP contribution in [-0.4, -0.2) is 43.3 Å². The Morgan fingerprint density at radius 3 is 2.23 bits per heavy atom. The molecule has 0 atom stereocenters. The van der Waals surface area contributed by atoms with Crippen LogP contribution in [0.3, 0.4) is 0 Å². The topological polar surface area (TPSA) is 61.4 Å². The van der Waals surface area contributed by atoms with E-state index in [-0.39, 0.29) is 17.6 Å². The van der Waals surface area contributed by atoms with Crippen LogP contribution in [0.4, 0.5) is 21.6 Å². The van der Waals surface area contributed by atoms with Gasteiger partial charge >= 0.3 is 0 Å². The Bertz CT molecular complexity index is 1010. The monoisotopic (exact) mass is 419 g/mol. The third-order valence-corrected chi connectivity index (χ3v) is 5.63. The summed E-state index contributed by atoms with van der Waals surface area (Å²) in [5.41, 5.74) is 3.45. The predicted molar refractivity (Wildman–Crippen MR) is 122 cm³/mol. The molecule has 0 radical (unpaired) electrons. The number of hydrogen-bond donors (Lipinski definition) is 1. The summed E-state index contributed by atoms with van der Waals surface area (Å²) in [5.74, 6) is 0.570. The van der Waals surface area contributed by atoms with E-state index in [1.54, 1.807) is 12.1 Å². The van der Waals surface area contributed by atoms with Gasteiger partial charge in [0, 0.05) is 50.0 Å². The highest BCUT2D eigenvalue weighted by Gasteiger charge is 2.26. The molecule has 0 bridgehead atoms. The van der Waals surface area contributed by atoms with Gasteiger partial charge in [-0.25, -0.2) is 4.39 Å². The fraction of sp³-hybridized carbons (Fsp3) is 0.292. The minimum absolute atomic E-state index is 0.0174. The minimum atomic E-state index is -0.272. The molecule has 4 rings (SSSR count). The summed E-state index contributed by atoms with van der Waals surface area (Å²) in [6.07, 6.45) is 1.53. The molecule has 0 unspecified atom stereocenters. The number of anilines is 3. The molecular weight excluding hydrogens is 393 g/mol. The number of piperidine rings is 1.